The molecular formula is C10H19F3N2O. The molecule has 0 aliphatic heterocycles. The molecule has 0 aromatic rings. The first-order valence-corrected chi connectivity index (χ1v) is 5.29. The topological polar surface area (TPSA) is 46.3 Å². The Kier molecular flexibility index (Phi) is 5.25. The molecule has 0 saturated carbocycles. The molecule has 0 aliphatic carbocycles. The molecule has 0 aromatic heterocycles. The molecule has 3 nitrogen and oxygen atoms in total. The van der Waals surface area contributed by atoms with Gasteiger partial charge < -0.3 is 10.6 Å². The Bertz CT molecular complexity index is 239. The number of nitrogens with two attached hydrogens (primary N) is 1. The molecule has 0 radical (unpaired) electrons. The summed E-state index contributed by atoms with van der Waals surface area (Å²) in [6.45, 7) is 3.69. The van der Waals surface area contributed by atoms with Crippen molar-refractivity contribution in [3.8, 4) is 0 Å². The van der Waals surface area contributed by atoms with E-state index in [2.05, 4.69) is 0 Å². The Morgan fingerprint density at radius 3 is 2.12 bits per heavy atom. The highest BCUT2D eigenvalue weighted by Crippen LogP contribution is 2.19. The number of hydrogen-bond donors (Lipinski definition) is 1. The quantitative estimate of drug-likeness (QED) is 0.798. The first kappa shape index (κ1) is 15.2. The summed E-state index contributed by atoms with van der Waals surface area (Å²) in [4.78, 5) is 12.5. The Balaban J connectivity index is 4.72. The molecule has 6 heteroatoms. The van der Waals surface area contributed by atoms with Crippen LogP contribution < -0.4 is 5.73 Å². The molecule has 0 saturated heterocycles. The lowest BCUT2D eigenvalue weighted by atomic mass is 9.98. The minimum absolute atomic E-state index is 0.0745. The summed E-state index contributed by atoms with van der Waals surface area (Å²) in [5.41, 5.74) is 4.43. The highest BCUT2D eigenvalue weighted by molar-refractivity contribution is 5.85. The van der Waals surface area contributed by atoms with Crippen molar-refractivity contribution in [1.29, 1.82) is 0 Å². The normalized spacial score (nSPS) is 15.7. The molecule has 1 atom stereocenters. The molecule has 0 bridgehead atoms. The monoisotopic (exact) mass is 240 g/mol. The lowest BCUT2D eigenvalue weighted by Crippen LogP contribution is -2.55. The predicted octanol–water partition coefficient (Wildman–Crippen LogP) is 1.91. The second kappa shape index (κ2) is 5.52. The smallest absolute Gasteiger partial charge is 0.332 e. The highest BCUT2D eigenvalue weighted by Gasteiger charge is 2.37. The van der Waals surface area contributed by atoms with E-state index in [9.17, 15) is 18.0 Å². The Labute approximate surface area is 93.8 Å². The van der Waals surface area contributed by atoms with Gasteiger partial charge in [-0.3, -0.25) is 4.79 Å². The standard InChI is InChI=1S/C10H19F3N2O/c1-4-6-15(7-10(11,12)13)8(16)9(3,14)5-2/h4-7,14H2,1-3H3. The summed E-state index contributed by atoms with van der Waals surface area (Å²) in [7, 11) is 0. The average molecular weight is 240 g/mol. The van der Waals surface area contributed by atoms with Gasteiger partial charge in [-0.1, -0.05) is 13.8 Å². The summed E-state index contributed by atoms with van der Waals surface area (Å²) >= 11 is 0. The number of alkyl halides is 3. The van der Waals surface area contributed by atoms with E-state index in [-0.39, 0.29) is 6.54 Å². The maximum Gasteiger partial charge on any atom is 0.406 e. The van der Waals surface area contributed by atoms with Crippen LogP contribution in [-0.2, 0) is 4.79 Å². The third-order valence-corrected chi connectivity index (χ3v) is 2.37. The molecule has 0 heterocycles. The van der Waals surface area contributed by atoms with Gasteiger partial charge in [0.25, 0.3) is 0 Å². The molecule has 2 N–H and O–H groups in total. The van der Waals surface area contributed by atoms with Gasteiger partial charge >= 0.3 is 6.18 Å². The van der Waals surface area contributed by atoms with Crippen LogP contribution in [0.2, 0.25) is 0 Å². The van der Waals surface area contributed by atoms with Crippen molar-refractivity contribution in [2.45, 2.75) is 45.3 Å². The third kappa shape index (κ3) is 4.83. The van der Waals surface area contributed by atoms with Crippen LogP contribution in [0.5, 0.6) is 0 Å². The molecule has 1 unspecified atom stereocenters. The van der Waals surface area contributed by atoms with Gasteiger partial charge in [0.2, 0.25) is 5.91 Å². The fourth-order valence-electron chi connectivity index (χ4n) is 1.25. The lowest BCUT2D eigenvalue weighted by molar-refractivity contribution is -0.164. The van der Waals surface area contributed by atoms with Gasteiger partial charge in [0.15, 0.2) is 0 Å². The number of amides is 1. The molecular weight excluding hydrogens is 221 g/mol. The van der Waals surface area contributed by atoms with Gasteiger partial charge in [-0.2, -0.15) is 13.2 Å². The Hall–Kier alpha value is -0.780. The van der Waals surface area contributed by atoms with E-state index in [1.54, 1.807) is 13.8 Å². The van der Waals surface area contributed by atoms with E-state index in [1.807, 2.05) is 0 Å². The van der Waals surface area contributed by atoms with E-state index < -0.39 is 24.2 Å². The summed E-state index contributed by atoms with van der Waals surface area (Å²) in [6, 6.07) is 0. The zero-order valence-electron chi connectivity index (χ0n) is 9.90. The van der Waals surface area contributed by atoms with Crippen molar-refractivity contribution in [2.75, 3.05) is 13.1 Å². The van der Waals surface area contributed by atoms with Crippen LogP contribution >= 0.6 is 0 Å². The number of hydrogen-bond acceptors (Lipinski definition) is 2. The molecule has 0 aliphatic rings. The number of halogens is 3. The molecule has 0 rings (SSSR count). The number of carbonyl (C=O) groups excluding carboxylic acids is 1. The SMILES string of the molecule is CCCN(CC(F)(F)F)C(=O)C(C)(N)CC. The van der Waals surface area contributed by atoms with E-state index in [0.29, 0.717) is 12.8 Å². The Morgan fingerprint density at radius 1 is 1.31 bits per heavy atom. The zero-order chi connectivity index (χ0) is 13.0. The molecule has 0 spiro atoms. The molecule has 0 fully saturated rings. The molecule has 1 amide bonds. The predicted molar refractivity (Wildman–Crippen MR) is 55.8 cm³/mol. The molecule has 16 heavy (non-hydrogen) atoms. The van der Waals surface area contributed by atoms with Gasteiger partial charge in [0, 0.05) is 6.54 Å². The van der Waals surface area contributed by atoms with Crippen LogP contribution in [0.1, 0.15) is 33.6 Å². The molecule has 0 aromatic carbocycles. The van der Waals surface area contributed by atoms with Crippen molar-refractivity contribution >= 4 is 5.91 Å². The second-order valence-electron chi connectivity index (χ2n) is 4.11. The van der Waals surface area contributed by atoms with Gasteiger partial charge in [-0.05, 0) is 19.8 Å². The second-order valence-corrected chi connectivity index (χ2v) is 4.11. The van der Waals surface area contributed by atoms with Crippen LogP contribution in [0.3, 0.4) is 0 Å². The van der Waals surface area contributed by atoms with Crippen molar-refractivity contribution in [3.05, 3.63) is 0 Å². The number of rotatable bonds is 5. The highest BCUT2D eigenvalue weighted by atomic mass is 19.4. The lowest BCUT2D eigenvalue weighted by Gasteiger charge is -2.31. The minimum atomic E-state index is -4.38. The van der Waals surface area contributed by atoms with Crippen LogP contribution in [0.15, 0.2) is 0 Å². The largest absolute Gasteiger partial charge is 0.406 e. The summed E-state index contributed by atoms with van der Waals surface area (Å²) in [6.07, 6.45) is -3.60. The Morgan fingerprint density at radius 2 is 1.81 bits per heavy atom. The molecule has 96 valence electrons. The maximum absolute atomic E-state index is 12.2. The van der Waals surface area contributed by atoms with Crippen LogP contribution in [0.25, 0.3) is 0 Å². The van der Waals surface area contributed by atoms with Crippen molar-refractivity contribution in [3.63, 3.8) is 0 Å². The van der Waals surface area contributed by atoms with Gasteiger partial charge in [-0.15, -0.1) is 0 Å². The summed E-state index contributed by atoms with van der Waals surface area (Å²) in [5, 5.41) is 0. The summed E-state index contributed by atoms with van der Waals surface area (Å²) < 4.78 is 36.7. The maximum atomic E-state index is 12.2. The van der Waals surface area contributed by atoms with Crippen LogP contribution in [0, 0.1) is 0 Å². The van der Waals surface area contributed by atoms with Crippen molar-refractivity contribution < 1.29 is 18.0 Å². The fraction of sp³-hybridized carbons (Fsp3) is 0.900. The van der Waals surface area contributed by atoms with Crippen molar-refractivity contribution in [1.82, 2.24) is 4.90 Å². The van der Waals surface area contributed by atoms with Crippen LogP contribution in [-0.4, -0.2) is 35.6 Å². The van der Waals surface area contributed by atoms with Crippen molar-refractivity contribution in [2.24, 2.45) is 5.73 Å². The summed E-state index contributed by atoms with van der Waals surface area (Å²) in [5.74, 6) is -0.644. The van der Waals surface area contributed by atoms with Gasteiger partial charge in [0.05, 0.1) is 5.54 Å². The zero-order valence-corrected chi connectivity index (χ0v) is 9.90. The van der Waals surface area contributed by atoms with E-state index >= 15 is 0 Å². The fourth-order valence-corrected chi connectivity index (χ4v) is 1.25. The van der Waals surface area contributed by atoms with E-state index in [4.69, 9.17) is 5.73 Å². The van der Waals surface area contributed by atoms with Crippen LogP contribution in [0.4, 0.5) is 13.2 Å². The van der Waals surface area contributed by atoms with E-state index in [1.165, 1.54) is 6.92 Å². The third-order valence-electron chi connectivity index (χ3n) is 2.37. The van der Waals surface area contributed by atoms with Gasteiger partial charge in [-0.25, -0.2) is 0 Å². The average Bonchev–Trinajstić information content (AvgIpc) is 2.14. The first-order chi connectivity index (χ1) is 7.14. The van der Waals surface area contributed by atoms with Gasteiger partial charge in [0.1, 0.15) is 6.54 Å². The first-order valence-electron chi connectivity index (χ1n) is 5.29. The minimum Gasteiger partial charge on any atom is -0.332 e. The van der Waals surface area contributed by atoms with E-state index in [0.717, 1.165) is 4.90 Å². The number of nitrogens with zero attached hydrogens (tertiary/aromatic N) is 1. The number of carbonyl (C=O) groups is 1.